The van der Waals surface area contributed by atoms with Crippen LogP contribution in [-0.4, -0.2) is 11.5 Å². The quantitative estimate of drug-likeness (QED) is 0.861. The molecule has 0 saturated heterocycles. The standard InChI is InChI=1S/C16H22FNO2/c1-2-12-7-9-16(18,10-8-12)15(19)20-11-13-5-3-4-6-14(13)17/h3-6,12H,2,7-11,18H2,1H3. The van der Waals surface area contributed by atoms with E-state index >= 15 is 0 Å². The molecule has 0 atom stereocenters. The molecule has 1 aromatic carbocycles. The van der Waals surface area contributed by atoms with E-state index in [0.717, 1.165) is 19.3 Å². The van der Waals surface area contributed by atoms with Crippen molar-refractivity contribution in [2.45, 2.75) is 51.2 Å². The van der Waals surface area contributed by atoms with E-state index in [2.05, 4.69) is 6.92 Å². The molecule has 1 aliphatic rings. The average molecular weight is 279 g/mol. The van der Waals surface area contributed by atoms with Crippen LogP contribution in [-0.2, 0) is 16.1 Å². The van der Waals surface area contributed by atoms with Gasteiger partial charge >= 0.3 is 5.97 Å². The van der Waals surface area contributed by atoms with Gasteiger partial charge in [0, 0.05) is 5.56 Å². The minimum atomic E-state index is -0.892. The van der Waals surface area contributed by atoms with Crippen molar-refractivity contribution in [2.24, 2.45) is 11.7 Å². The molecule has 0 unspecified atom stereocenters. The first-order valence-corrected chi connectivity index (χ1v) is 7.24. The highest BCUT2D eigenvalue weighted by Gasteiger charge is 2.39. The van der Waals surface area contributed by atoms with Gasteiger partial charge in [-0.05, 0) is 37.7 Å². The van der Waals surface area contributed by atoms with Gasteiger partial charge in [-0.2, -0.15) is 0 Å². The molecule has 0 aromatic heterocycles. The van der Waals surface area contributed by atoms with Gasteiger partial charge in [-0.15, -0.1) is 0 Å². The number of hydrogen-bond acceptors (Lipinski definition) is 3. The van der Waals surface area contributed by atoms with Crippen LogP contribution < -0.4 is 5.73 Å². The highest BCUT2D eigenvalue weighted by molar-refractivity contribution is 5.80. The summed E-state index contributed by atoms with van der Waals surface area (Å²) in [6.45, 7) is 2.10. The molecule has 2 N–H and O–H groups in total. The molecule has 0 aliphatic heterocycles. The molecule has 4 heteroatoms. The van der Waals surface area contributed by atoms with E-state index in [1.165, 1.54) is 6.07 Å². The van der Waals surface area contributed by atoms with Crippen LogP contribution in [0, 0.1) is 11.7 Å². The Bertz CT molecular complexity index is 467. The fourth-order valence-corrected chi connectivity index (χ4v) is 2.71. The Hall–Kier alpha value is -1.42. The van der Waals surface area contributed by atoms with E-state index in [9.17, 15) is 9.18 Å². The van der Waals surface area contributed by atoms with Crippen LogP contribution in [0.2, 0.25) is 0 Å². The van der Waals surface area contributed by atoms with E-state index in [1.807, 2.05) is 0 Å². The Morgan fingerprint density at radius 2 is 2.05 bits per heavy atom. The van der Waals surface area contributed by atoms with Gasteiger partial charge in [0.05, 0.1) is 0 Å². The Morgan fingerprint density at radius 3 is 2.65 bits per heavy atom. The second-order valence-corrected chi connectivity index (χ2v) is 5.68. The molecule has 3 nitrogen and oxygen atoms in total. The van der Waals surface area contributed by atoms with Gasteiger partial charge in [0.15, 0.2) is 0 Å². The maximum atomic E-state index is 13.5. The van der Waals surface area contributed by atoms with Crippen molar-refractivity contribution in [2.75, 3.05) is 0 Å². The summed E-state index contributed by atoms with van der Waals surface area (Å²) in [5.74, 6) is -0.109. The SMILES string of the molecule is CCC1CCC(N)(C(=O)OCc2ccccc2F)CC1. The summed E-state index contributed by atoms with van der Waals surface area (Å²) >= 11 is 0. The molecule has 1 aliphatic carbocycles. The van der Waals surface area contributed by atoms with Gasteiger partial charge in [-0.25, -0.2) is 4.39 Å². The van der Waals surface area contributed by atoms with Gasteiger partial charge in [-0.1, -0.05) is 31.5 Å². The topological polar surface area (TPSA) is 52.3 Å². The molecule has 20 heavy (non-hydrogen) atoms. The third-order valence-electron chi connectivity index (χ3n) is 4.30. The summed E-state index contributed by atoms with van der Waals surface area (Å²) in [4.78, 5) is 12.1. The van der Waals surface area contributed by atoms with Crippen LogP contribution in [0.25, 0.3) is 0 Å². The maximum absolute atomic E-state index is 13.5. The Kier molecular flexibility index (Phi) is 4.76. The van der Waals surface area contributed by atoms with Crippen molar-refractivity contribution in [1.29, 1.82) is 0 Å². The van der Waals surface area contributed by atoms with Crippen LogP contribution in [0.4, 0.5) is 4.39 Å². The van der Waals surface area contributed by atoms with Gasteiger partial charge in [0.1, 0.15) is 18.0 Å². The van der Waals surface area contributed by atoms with E-state index in [1.54, 1.807) is 18.2 Å². The second-order valence-electron chi connectivity index (χ2n) is 5.68. The minimum absolute atomic E-state index is 0.0539. The first-order chi connectivity index (χ1) is 9.55. The zero-order chi connectivity index (χ0) is 14.6. The Morgan fingerprint density at radius 1 is 1.40 bits per heavy atom. The van der Waals surface area contributed by atoms with Crippen molar-refractivity contribution >= 4 is 5.97 Å². The van der Waals surface area contributed by atoms with Crippen molar-refractivity contribution in [1.82, 2.24) is 0 Å². The number of halogens is 1. The largest absolute Gasteiger partial charge is 0.459 e. The molecule has 0 spiro atoms. The zero-order valence-corrected chi connectivity index (χ0v) is 11.9. The Balaban J connectivity index is 1.90. The number of rotatable bonds is 4. The Labute approximate surface area is 119 Å². The van der Waals surface area contributed by atoms with E-state index in [0.29, 0.717) is 24.3 Å². The van der Waals surface area contributed by atoms with E-state index in [4.69, 9.17) is 10.5 Å². The lowest BCUT2D eigenvalue weighted by Crippen LogP contribution is -2.51. The van der Waals surface area contributed by atoms with Crippen LogP contribution in [0.5, 0.6) is 0 Å². The summed E-state index contributed by atoms with van der Waals surface area (Å²) in [6, 6.07) is 6.29. The molecule has 1 saturated carbocycles. The normalized spacial score (nSPS) is 26.2. The highest BCUT2D eigenvalue weighted by atomic mass is 19.1. The summed E-state index contributed by atoms with van der Waals surface area (Å²) in [6.07, 6.45) is 4.35. The lowest BCUT2D eigenvalue weighted by molar-refractivity contribution is -0.153. The van der Waals surface area contributed by atoms with Crippen LogP contribution >= 0.6 is 0 Å². The molecule has 1 aromatic rings. The predicted octanol–water partition coefficient (Wildman–Crippen LogP) is 3.17. The van der Waals surface area contributed by atoms with E-state index < -0.39 is 11.5 Å². The number of benzene rings is 1. The summed E-state index contributed by atoms with van der Waals surface area (Å²) in [5, 5.41) is 0. The third-order valence-corrected chi connectivity index (χ3v) is 4.30. The lowest BCUT2D eigenvalue weighted by Gasteiger charge is -2.34. The second kappa shape index (κ2) is 6.35. The van der Waals surface area contributed by atoms with Crippen LogP contribution in [0.1, 0.15) is 44.6 Å². The molecule has 0 radical (unpaired) electrons. The number of carbonyl (C=O) groups is 1. The number of ether oxygens (including phenoxy) is 1. The number of carbonyl (C=O) groups excluding carboxylic acids is 1. The molecule has 0 bridgehead atoms. The maximum Gasteiger partial charge on any atom is 0.326 e. The zero-order valence-electron chi connectivity index (χ0n) is 11.9. The van der Waals surface area contributed by atoms with Gasteiger partial charge in [0.25, 0.3) is 0 Å². The summed E-state index contributed by atoms with van der Waals surface area (Å²) in [5.41, 5.74) is 5.64. The van der Waals surface area contributed by atoms with Crippen molar-refractivity contribution in [3.8, 4) is 0 Å². The predicted molar refractivity (Wildman–Crippen MR) is 75.4 cm³/mol. The highest BCUT2D eigenvalue weighted by Crippen LogP contribution is 2.33. The van der Waals surface area contributed by atoms with Gasteiger partial charge in [0.2, 0.25) is 0 Å². The summed E-state index contributed by atoms with van der Waals surface area (Å²) in [7, 11) is 0. The van der Waals surface area contributed by atoms with Gasteiger partial charge < -0.3 is 10.5 Å². The minimum Gasteiger partial charge on any atom is -0.459 e. The van der Waals surface area contributed by atoms with Crippen molar-refractivity contribution in [3.63, 3.8) is 0 Å². The third kappa shape index (κ3) is 3.37. The van der Waals surface area contributed by atoms with Crippen molar-refractivity contribution < 1.29 is 13.9 Å². The number of esters is 1. The summed E-state index contributed by atoms with van der Waals surface area (Å²) < 4.78 is 18.7. The molecule has 1 fully saturated rings. The number of nitrogens with two attached hydrogens (primary N) is 1. The van der Waals surface area contributed by atoms with Crippen LogP contribution in [0.3, 0.4) is 0 Å². The van der Waals surface area contributed by atoms with Crippen molar-refractivity contribution in [3.05, 3.63) is 35.6 Å². The lowest BCUT2D eigenvalue weighted by atomic mass is 9.76. The molecule has 0 heterocycles. The van der Waals surface area contributed by atoms with Crippen LogP contribution in [0.15, 0.2) is 24.3 Å². The average Bonchev–Trinajstić information content (AvgIpc) is 2.47. The fourth-order valence-electron chi connectivity index (χ4n) is 2.71. The first-order valence-electron chi connectivity index (χ1n) is 7.24. The van der Waals surface area contributed by atoms with E-state index in [-0.39, 0.29) is 12.4 Å². The molecule has 2 rings (SSSR count). The first kappa shape index (κ1) is 15.0. The smallest absolute Gasteiger partial charge is 0.326 e. The molecular formula is C16H22FNO2. The molecule has 110 valence electrons. The number of hydrogen-bond donors (Lipinski definition) is 1. The molecule has 0 amide bonds. The monoisotopic (exact) mass is 279 g/mol. The molecular weight excluding hydrogens is 257 g/mol. The fraction of sp³-hybridized carbons (Fsp3) is 0.562. The van der Waals surface area contributed by atoms with Gasteiger partial charge in [-0.3, -0.25) is 4.79 Å².